The second kappa shape index (κ2) is 12.0. The molecule has 0 bridgehead atoms. The van der Waals surface area contributed by atoms with Gasteiger partial charge in [0.2, 0.25) is 21.8 Å². The smallest absolute Gasteiger partial charge is 0.271 e. The predicted molar refractivity (Wildman–Crippen MR) is 139 cm³/mol. The lowest BCUT2D eigenvalue weighted by Gasteiger charge is -2.32. The molecule has 1 N–H and O–H groups in total. The van der Waals surface area contributed by atoms with Crippen molar-refractivity contribution in [3.05, 3.63) is 69.3 Å². The molecule has 0 saturated heterocycles. The van der Waals surface area contributed by atoms with Gasteiger partial charge in [-0.05, 0) is 45.2 Å². The van der Waals surface area contributed by atoms with Crippen LogP contribution >= 0.6 is 0 Å². The van der Waals surface area contributed by atoms with E-state index in [-0.39, 0.29) is 29.9 Å². The van der Waals surface area contributed by atoms with E-state index in [0.29, 0.717) is 12.0 Å². The lowest BCUT2D eigenvalue weighted by Crippen LogP contribution is -2.52. The maximum Gasteiger partial charge on any atom is 0.271 e. The van der Waals surface area contributed by atoms with E-state index in [1.54, 1.807) is 13.8 Å². The second-order valence-corrected chi connectivity index (χ2v) is 10.9. The van der Waals surface area contributed by atoms with Gasteiger partial charge in [-0.3, -0.25) is 24.0 Å². The third kappa shape index (κ3) is 7.51. The molecule has 2 aromatic rings. The summed E-state index contributed by atoms with van der Waals surface area (Å²) in [5.41, 5.74) is 1.99. The Morgan fingerprint density at radius 2 is 1.69 bits per heavy atom. The van der Waals surface area contributed by atoms with E-state index in [1.165, 1.54) is 17.0 Å². The number of nitrogens with one attached hydrogen (secondary N) is 1. The number of carbonyl (C=O) groups excluding carboxylic acids is 2. The first-order valence-electron chi connectivity index (χ1n) is 11.6. The third-order valence-electron chi connectivity index (χ3n) is 5.99. The van der Waals surface area contributed by atoms with Gasteiger partial charge < -0.3 is 10.2 Å². The van der Waals surface area contributed by atoms with E-state index >= 15 is 0 Å². The highest BCUT2D eigenvalue weighted by molar-refractivity contribution is 7.92. The number of nitro groups is 1. The maximum absolute atomic E-state index is 13.6. The fourth-order valence-electron chi connectivity index (χ4n) is 3.51. The van der Waals surface area contributed by atoms with Crippen LogP contribution in [0.15, 0.2) is 42.5 Å². The molecule has 11 heteroatoms. The first kappa shape index (κ1) is 28.8. The quantitative estimate of drug-likeness (QED) is 0.359. The molecule has 2 atom stereocenters. The fourth-order valence-corrected chi connectivity index (χ4v) is 4.41. The molecule has 2 aromatic carbocycles. The lowest BCUT2D eigenvalue weighted by atomic mass is 10.1. The van der Waals surface area contributed by atoms with Crippen LogP contribution in [0, 0.1) is 24.0 Å². The minimum Gasteiger partial charge on any atom is -0.352 e. The Morgan fingerprint density at radius 1 is 1.08 bits per heavy atom. The number of nitrogens with zero attached hydrogens (tertiary/aromatic N) is 3. The zero-order valence-electron chi connectivity index (χ0n) is 21.5. The van der Waals surface area contributed by atoms with Crippen LogP contribution in [0.1, 0.15) is 43.9 Å². The Bertz CT molecular complexity index is 1210. The lowest BCUT2D eigenvalue weighted by molar-refractivity contribution is -0.384. The number of carbonyl (C=O) groups is 2. The van der Waals surface area contributed by atoms with E-state index in [0.717, 1.165) is 27.8 Å². The van der Waals surface area contributed by atoms with Crippen molar-refractivity contribution in [3.8, 4) is 0 Å². The van der Waals surface area contributed by atoms with E-state index in [1.807, 2.05) is 45.0 Å². The minimum atomic E-state index is -4.00. The summed E-state index contributed by atoms with van der Waals surface area (Å²) in [5.74, 6) is -0.971. The largest absolute Gasteiger partial charge is 0.352 e. The zero-order chi connectivity index (χ0) is 27.2. The maximum atomic E-state index is 13.6. The number of hydrogen-bond acceptors (Lipinski definition) is 6. The number of rotatable bonds is 11. The summed E-state index contributed by atoms with van der Waals surface area (Å²) < 4.78 is 26.3. The number of aryl methyl sites for hydroxylation is 2. The number of amides is 2. The molecule has 0 radical (unpaired) electrons. The number of sulfonamides is 1. The highest BCUT2D eigenvalue weighted by atomic mass is 32.2. The SMILES string of the molecule is CC[C@H](C)NC(=O)[C@@H](C)N(Cc1ccc(C)cc1)C(=O)CN(c1cc([N+](=O)[O-])ccc1C)S(C)(=O)=O. The van der Waals surface area contributed by atoms with Gasteiger partial charge in [-0.25, -0.2) is 8.42 Å². The van der Waals surface area contributed by atoms with Crippen LogP contribution in [0.4, 0.5) is 11.4 Å². The van der Waals surface area contributed by atoms with Crippen molar-refractivity contribution in [2.24, 2.45) is 0 Å². The van der Waals surface area contributed by atoms with E-state index in [2.05, 4.69) is 5.32 Å². The minimum absolute atomic E-state index is 0.0343. The molecule has 0 saturated carbocycles. The van der Waals surface area contributed by atoms with E-state index in [4.69, 9.17) is 0 Å². The molecule has 0 aromatic heterocycles. The van der Waals surface area contributed by atoms with Crippen LogP contribution in [0.3, 0.4) is 0 Å². The number of nitro benzene ring substituents is 1. The number of anilines is 1. The van der Waals surface area contributed by atoms with Gasteiger partial charge in [0.1, 0.15) is 12.6 Å². The molecule has 0 aliphatic rings. The summed E-state index contributed by atoms with van der Waals surface area (Å²) in [7, 11) is -4.00. The molecule has 0 fully saturated rings. The second-order valence-electron chi connectivity index (χ2n) is 9.00. The summed E-state index contributed by atoms with van der Waals surface area (Å²) in [6, 6.07) is 10.3. The first-order chi connectivity index (χ1) is 16.7. The van der Waals surface area contributed by atoms with Gasteiger partial charge in [0.05, 0.1) is 16.9 Å². The Kier molecular flexibility index (Phi) is 9.57. The van der Waals surface area contributed by atoms with Crippen molar-refractivity contribution >= 4 is 33.2 Å². The van der Waals surface area contributed by atoms with Gasteiger partial charge in [0, 0.05) is 24.7 Å². The van der Waals surface area contributed by atoms with Crippen molar-refractivity contribution in [1.29, 1.82) is 0 Å². The number of non-ortho nitro benzene ring substituents is 1. The summed E-state index contributed by atoms with van der Waals surface area (Å²) in [4.78, 5) is 38.5. The molecule has 0 aliphatic carbocycles. The molecule has 0 aliphatic heterocycles. The van der Waals surface area contributed by atoms with Crippen LogP contribution in [0.5, 0.6) is 0 Å². The van der Waals surface area contributed by atoms with Crippen LogP contribution in [-0.4, -0.2) is 54.9 Å². The van der Waals surface area contributed by atoms with E-state index < -0.39 is 33.4 Å². The van der Waals surface area contributed by atoms with Crippen molar-refractivity contribution in [2.45, 2.75) is 59.7 Å². The van der Waals surface area contributed by atoms with Crippen LogP contribution in [0.25, 0.3) is 0 Å². The average Bonchev–Trinajstić information content (AvgIpc) is 2.81. The monoisotopic (exact) mass is 518 g/mol. The Morgan fingerprint density at radius 3 is 2.22 bits per heavy atom. The van der Waals surface area contributed by atoms with Gasteiger partial charge >= 0.3 is 0 Å². The summed E-state index contributed by atoms with van der Waals surface area (Å²) in [5, 5.41) is 14.2. The molecule has 10 nitrogen and oxygen atoms in total. The Balaban J connectivity index is 2.47. The topological polar surface area (TPSA) is 130 Å². The Labute approximate surface area is 212 Å². The van der Waals surface area contributed by atoms with Crippen molar-refractivity contribution < 1.29 is 22.9 Å². The zero-order valence-corrected chi connectivity index (χ0v) is 22.3. The average molecular weight is 519 g/mol. The van der Waals surface area contributed by atoms with Gasteiger partial charge in [-0.1, -0.05) is 42.8 Å². The number of benzene rings is 2. The molecular formula is C25H34N4O6S. The van der Waals surface area contributed by atoms with Gasteiger partial charge in [-0.2, -0.15) is 0 Å². The molecule has 0 spiro atoms. The first-order valence-corrected chi connectivity index (χ1v) is 13.5. The van der Waals surface area contributed by atoms with E-state index in [9.17, 15) is 28.1 Å². The molecule has 2 rings (SSSR count). The van der Waals surface area contributed by atoms with Crippen molar-refractivity contribution in [2.75, 3.05) is 17.1 Å². The third-order valence-corrected chi connectivity index (χ3v) is 7.12. The summed E-state index contributed by atoms with van der Waals surface area (Å²) >= 11 is 0. The fraction of sp³-hybridized carbons (Fsp3) is 0.440. The molecule has 0 heterocycles. The van der Waals surface area contributed by atoms with Crippen LogP contribution < -0.4 is 9.62 Å². The van der Waals surface area contributed by atoms with Crippen LogP contribution in [0.2, 0.25) is 0 Å². The highest BCUT2D eigenvalue weighted by Gasteiger charge is 2.31. The molecular weight excluding hydrogens is 484 g/mol. The van der Waals surface area contributed by atoms with Crippen molar-refractivity contribution in [1.82, 2.24) is 10.2 Å². The number of hydrogen-bond donors (Lipinski definition) is 1. The summed E-state index contributed by atoms with van der Waals surface area (Å²) in [6.07, 6.45) is 1.64. The molecule has 0 unspecified atom stereocenters. The summed E-state index contributed by atoms with van der Waals surface area (Å²) in [6.45, 7) is 8.37. The normalized spacial score (nSPS) is 12.9. The van der Waals surface area contributed by atoms with Gasteiger partial charge in [-0.15, -0.1) is 0 Å². The Hall–Kier alpha value is -3.47. The molecule has 196 valence electrons. The van der Waals surface area contributed by atoms with Crippen LogP contribution in [-0.2, 0) is 26.2 Å². The standard InChI is InChI=1S/C25H34N4O6S/c1-7-19(4)26-25(31)20(5)27(15-21-11-8-17(2)9-12-21)24(30)16-28(36(6,34)35)23-14-22(29(32)33)13-10-18(23)3/h8-14,19-20H,7,15-16H2,1-6H3,(H,26,31)/t19-,20+/m0/s1. The predicted octanol–water partition coefficient (Wildman–Crippen LogP) is 3.31. The van der Waals surface area contributed by atoms with Crippen molar-refractivity contribution in [3.63, 3.8) is 0 Å². The van der Waals surface area contributed by atoms with Gasteiger partial charge in [0.25, 0.3) is 5.69 Å². The highest BCUT2D eigenvalue weighted by Crippen LogP contribution is 2.28. The van der Waals surface area contributed by atoms with Gasteiger partial charge in [0.15, 0.2) is 0 Å². The molecule has 36 heavy (non-hydrogen) atoms. The molecule has 2 amide bonds.